The molecule has 152 valence electrons. The zero-order chi connectivity index (χ0) is 20.4. The maximum Gasteiger partial charge on any atom is 0.253 e. The van der Waals surface area contributed by atoms with E-state index in [1.807, 2.05) is 0 Å². The summed E-state index contributed by atoms with van der Waals surface area (Å²) >= 11 is 0. The van der Waals surface area contributed by atoms with Crippen molar-refractivity contribution in [2.75, 3.05) is 0 Å². The molecule has 0 N–H and O–H groups in total. The molecular weight excluding hydrogens is 380 g/mol. The van der Waals surface area contributed by atoms with Gasteiger partial charge in [0.1, 0.15) is 0 Å². The minimum absolute atomic E-state index is 0.163. The lowest BCUT2D eigenvalue weighted by Gasteiger charge is -2.36. The Morgan fingerprint density at radius 3 is 1.87 bits per heavy atom. The average molecular weight is 411 g/mol. The summed E-state index contributed by atoms with van der Waals surface area (Å²) in [6, 6.07) is 32.9. The molecular formula is C28H30OSi. The van der Waals surface area contributed by atoms with E-state index in [2.05, 4.69) is 110 Å². The van der Waals surface area contributed by atoms with Crippen molar-refractivity contribution in [2.45, 2.75) is 37.8 Å². The van der Waals surface area contributed by atoms with E-state index >= 15 is 0 Å². The van der Waals surface area contributed by atoms with Gasteiger partial charge in [-0.1, -0.05) is 103 Å². The van der Waals surface area contributed by atoms with Crippen LogP contribution in [0.25, 0.3) is 0 Å². The normalized spacial score (nSPS) is 25.8. The van der Waals surface area contributed by atoms with E-state index in [1.165, 1.54) is 35.2 Å². The fraction of sp³-hybridized carbons (Fsp3) is 0.286. The van der Waals surface area contributed by atoms with Gasteiger partial charge in [-0.2, -0.15) is 0 Å². The number of allylic oxidation sites excluding steroid dienone is 2. The molecule has 0 radical (unpaired) electrons. The lowest BCUT2D eigenvalue weighted by molar-refractivity contribution is 0.138. The van der Waals surface area contributed by atoms with Gasteiger partial charge in [-0.25, -0.2) is 0 Å². The Labute approximate surface area is 181 Å². The number of benzene rings is 3. The van der Waals surface area contributed by atoms with E-state index in [0.29, 0.717) is 5.92 Å². The van der Waals surface area contributed by atoms with Crippen molar-refractivity contribution in [2.24, 2.45) is 11.8 Å². The minimum atomic E-state index is -2.38. The molecule has 5 rings (SSSR count). The molecule has 0 bridgehead atoms. The lowest BCUT2D eigenvalue weighted by Crippen LogP contribution is -2.60. The summed E-state index contributed by atoms with van der Waals surface area (Å²) in [5, 5.41) is 2.70. The van der Waals surface area contributed by atoms with Crippen molar-refractivity contribution in [1.29, 1.82) is 0 Å². The Bertz CT molecular complexity index is 959. The molecule has 0 saturated heterocycles. The van der Waals surface area contributed by atoms with Crippen LogP contribution in [0.1, 0.15) is 31.2 Å². The second-order valence-electron chi connectivity index (χ2n) is 8.98. The Kier molecular flexibility index (Phi) is 5.22. The Hall–Kier alpha value is -2.42. The van der Waals surface area contributed by atoms with Crippen LogP contribution in [0.3, 0.4) is 0 Å². The van der Waals surface area contributed by atoms with Gasteiger partial charge in [-0.15, -0.1) is 0 Å². The maximum absolute atomic E-state index is 7.48. The number of rotatable bonds is 6. The third kappa shape index (κ3) is 3.49. The van der Waals surface area contributed by atoms with E-state index in [-0.39, 0.29) is 5.60 Å². The van der Waals surface area contributed by atoms with Gasteiger partial charge in [-0.3, -0.25) is 0 Å². The first-order valence-corrected chi connectivity index (χ1v) is 13.6. The Balaban J connectivity index is 1.58. The molecule has 1 fully saturated rings. The van der Waals surface area contributed by atoms with Gasteiger partial charge in [0.2, 0.25) is 0 Å². The molecule has 1 saturated carbocycles. The minimum Gasteiger partial charge on any atom is -0.398 e. The first kappa shape index (κ1) is 19.5. The van der Waals surface area contributed by atoms with Crippen molar-refractivity contribution in [3.63, 3.8) is 0 Å². The monoisotopic (exact) mass is 410 g/mol. The molecule has 0 spiro atoms. The maximum atomic E-state index is 7.48. The van der Waals surface area contributed by atoms with Crippen molar-refractivity contribution in [3.05, 3.63) is 109 Å². The van der Waals surface area contributed by atoms with Crippen molar-refractivity contribution in [1.82, 2.24) is 0 Å². The van der Waals surface area contributed by atoms with Crippen LogP contribution in [-0.2, 0) is 10.0 Å². The summed E-state index contributed by atoms with van der Waals surface area (Å²) < 4.78 is 7.48. The third-order valence-electron chi connectivity index (χ3n) is 7.14. The van der Waals surface area contributed by atoms with Crippen LogP contribution in [0.5, 0.6) is 0 Å². The first-order chi connectivity index (χ1) is 14.7. The largest absolute Gasteiger partial charge is 0.398 e. The quantitative estimate of drug-likeness (QED) is 0.376. The summed E-state index contributed by atoms with van der Waals surface area (Å²) in [6.45, 7) is 2.39. The SMILES string of the molecule is C[Si](OC1(c2ccccc2)CC1C1CC=CCC1)(c1ccccc1)c1ccccc1. The molecule has 3 unspecified atom stereocenters. The molecule has 3 aromatic rings. The predicted octanol–water partition coefficient (Wildman–Crippen LogP) is 5.66. The number of hydrogen-bond acceptors (Lipinski definition) is 1. The van der Waals surface area contributed by atoms with Gasteiger partial charge in [0.15, 0.2) is 0 Å². The third-order valence-corrected chi connectivity index (χ3v) is 10.8. The number of hydrogen-bond donors (Lipinski definition) is 0. The van der Waals surface area contributed by atoms with Gasteiger partial charge >= 0.3 is 0 Å². The second-order valence-corrected chi connectivity index (χ2v) is 12.4. The van der Waals surface area contributed by atoms with Crippen LogP contribution in [0.4, 0.5) is 0 Å². The molecule has 2 heteroatoms. The zero-order valence-electron chi connectivity index (χ0n) is 17.7. The summed E-state index contributed by atoms with van der Waals surface area (Å²) in [5.74, 6) is 1.32. The highest BCUT2D eigenvalue weighted by molar-refractivity contribution is 6.96. The van der Waals surface area contributed by atoms with Crippen molar-refractivity contribution < 1.29 is 4.43 Å². The van der Waals surface area contributed by atoms with Gasteiger partial charge < -0.3 is 4.43 Å². The second kappa shape index (κ2) is 8.01. The zero-order valence-corrected chi connectivity index (χ0v) is 18.7. The summed E-state index contributed by atoms with van der Waals surface area (Å²) in [6.07, 6.45) is 9.55. The van der Waals surface area contributed by atoms with Crippen LogP contribution < -0.4 is 10.4 Å². The van der Waals surface area contributed by atoms with Crippen LogP contribution in [0.15, 0.2) is 103 Å². The van der Waals surface area contributed by atoms with E-state index in [4.69, 9.17) is 4.43 Å². The van der Waals surface area contributed by atoms with Gasteiger partial charge in [-0.05, 0) is 60.0 Å². The molecule has 0 aliphatic heterocycles. The molecule has 30 heavy (non-hydrogen) atoms. The standard InChI is InChI=1S/C28H30OSi/c1-30(25-18-10-4-11-19-25,26-20-12-5-13-21-26)29-28(24-16-8-3-9-17-24)22-27(28)23-14-6-2-7-15-23/h2-6,8-13,16-21,23,27H,7,14-15,22H2,1H3. The topological polar surface area (TPSA) is 9.23 Å². The van der Waals surface area contributed by atoms with Crippen LogP contribution in [0.2, 0.25) is 6.55 Å². The summed E-state index contributed by atoms with van der Waals surface area (Å²) in [5.41, 5.74) is 1.19. The summed E-state index contributed by atoms with van der Waals surface area (Å²) in [4.78, 5) is 0. The lowest BCUT2D eigenvalue weighted by atomic mass is 9.87. The van der Waals surface area contributed by atoms with Gasteiger partial charge in [0.25, 0.3) is 8.32 Å². The summed E-state index contributed by atoms with van der Waals surface area (Å²) in [7, 11) is -2.38. The molecule has 2 aliphatic rings. The smallest absolute Gasteiger partial charge is 0.253 e. The molecule has 0 aromatic heterocycles. The Morgan fingerprint density at radius 1 is 0.767 bits per heavy atom. The molecule has 3 atom stereocenters. The molecule has 0 heterocycles. The van der Waals surface area contributed by atoms with Crippen LogP contribution in [-0.4, -0.2) is 8.32 Å². The van der Waals surface area contributed by atoms with Crippen LogP contribution in [0, 0.1) is 11.8 Å². The van der Waals surface area contributed by atoms with Crippen molar-refractivity contribution >= 4 is 18.7 Å². The molecule has 1 nitrogen and oxygen atoms in total. The predicted molar refractivity (Wildman–Crippen MR) is 128 cm³/mol. The van der Waals surface area contributed by atoms with E-state index in [9.17, 15) is 0 Å². The van der Waals surface area contributed by atoms with Crippen molar-refractivity contribution in [3.8, 4) is 0 Å². The first-order valence-electron chi connectivity index (χ1n) is 11.2. The van der Waals surface area contributed by atoms with Crippen LogP contribution >= 0.6 is 0 Å². The molecule has 3 aromatic carbocycles. The van der Waals surface area contributed by atoms with E-state index in [1.54, 1.807) is 0 Å². The average Bonchev–Trinajstić information content (AvgIpc) is 3.56. The fourth-order valence-corrected chi connectivity index (χ4v) is 8.69. The molecule has 2 aliphatic carbocycles. The highest BCUT2D eigenvalue weighted by atomic mass is 28.4. The fourth-order valence-electron chi connectivity index (χ4n) is 5.39. The highest BCUT2D eigenvalue weighted by Gasteiger charge is 2.62. The van der Waals surface area contributed by atoms with Gasteiger partial charge in [0, 0.05) is 0 Å². The Morgan fingerprint density at radius 2 is 1.33 bits per heavy atom. The highest BCUT2D eigenvalue weighted by Crippen LogP contribution is 2.61. The van der Waals surface area contributed by atoms with E-state index < -0.39 is 8.32 Å². The van der Waals surface area contributed by atoms with Gasteiger partial charge in [0.05, 0.1) is 5.60 Å². The molecule has 0 amide bonds. The van der Waals surface area contributed by atoms with E-state index in [0.717, 1.165) is 12.3 Å².